The molecule has 1 saturated heterocycles. The number of carbonyl (C=O) groups excluding carboxylic acids is 1. The van der Waals surface area contributed by atoms with E-state index in [0.717, 1.165) is 42.6 Å². The molecule has 2 aromatic carbocycles. The van der Waals surface area contributed by atoms with E-state index in [2.05, 4.69) is 5.32 Å². The van der Waals surface area contributed by atoms with E-state index in [-0.39, 0.29) is 17.7 Å². The van der Waals surface area contributed by atoms with Crippen LogP contribution in [0.2, 0.25) is 0 Å². The van der Waals surface area contributed by atoms with Crippen LogP contribution >= 0.6 is 0 Å². The molecule has 0 bridgehead atoms. The average molecular weight is 445 g/mol. The Bertz CT molecular complexity index is 997. The Morgan fingerprint density at radius 1 is 1.10 bits per heavy atom. The highest BCUT2D eigenvalue weighted by molar-refractivity contribution is 7.88. The van der Waals surface area contributed by atoms with E-state index in [1.54, 1.807) is 35.7 Å². The summed E-state index contributed by atoms with van der Waals surface area (Å²) < 4.78 is 32.1. The molecule has 0 spiro atoms. The van der Waals surface area contributed by atoms with E-state index in [0.29, 0.717) is 24.2 Å². The average Bonchev–Trinajstić information content (AvgIpc) is 2.78. The Morgan fingerprint density at radius 2 is 1.77 bits per heavy atom. The van der Waals surface area contributed by atoms with Crippen molar-refractivity contribution in [2.24, 2.45) is 0 Å². The molecule has 2 aromatic rings. The van der Waals surface area contributed by atoms with Gasteiger partial charge in [-0.3, -0.25) is 4.79 Å². The van der Waals surface area contributed by atoms with Crippen LogP contribution in [0.3, 0.4) is 0 Å². The van der Waals surface area contributed by atoms with Gasteiger partial charge in [-0.25, -0.2) is 12.7 Å². The van der Waals surface area contributed by atoms with Crippen LogP contribution < -0.4 is 10.1 Å². The van der Waals surface area contributed by atoms with E-state index < -0.39 is 10.0 Å². The van der Waals surface area contributed by atoms with Crippen LogP contribution in [0.4, 0.5) is 0 Å². The topological polar surface area (TPSA) is 75.7 Å². The van der Waals surface area contributed by atoms with Gasteiger partial charge in [0.2, 0.25) is 10.0 Å². The summed E-state index contributed by atoms with van der Waals surface area (Å²) in [6.07, 6.45) is 3.68. The molecule has 1 aliphatic rings. The first-order chi connectivity index (χ1) is 14.8. The third kappa shape index (κ3) is 5.86. The lowest BCUT2D eigenvalue weighted by atomic mass is 10.0. The Labute approximate surface area is 185 Å². The van der Waals surface area contributed by atoms with Crippen molar-refractivity contribution >= 4 is 15.9 Å². The number of methoxy groups -OCH3 is 1. The van der Waals surface area contributed by atoms with Gasteiger partial charge in [-0.2, -0.15) is 0 Å². The lowest BCUT2D eigenvalue weighted by molar-refractivity contribution is 0.0935. The van der Waals surface area contributed by atoms with Crippen LogP contribution in [0.1, 0.15) is 65.7 Å². The molecule has 0 saturated carbocycles. The quantitative estimate of drug-likeness (QED) is 0.662. The van der Waals surface area contributed by atoms with Crippen LogP contribution in [-0.4, -0.2) is 38.8 Å². The first kappa shape index (κ1) is 23.3. The molecule has 1 N–H and O–H groups in total. The summed E-state index contributed by atoms with van der Waals surface area (Å²) in [5.41, 5.74) is 3.26. The van der Waals surface area contributed by atoms with Gasteiger partial charge in [0.15, 0.2) is 0 Å². The Hall–Kier alpha value is -2.38. The minimum atomic E-state index is -3.32. The van der Waals surface area contributed by atoms with Crippen molar-refractivity contribution in [2.75, 3.05) is 20.2 Å². The first-order valence-electron chi connectivity index (χ1n) is 10.9. The predicted octanol–water partition coefficient (Wildman–Crippen LogP) is 4.20. The van der Waals surface area contributed by atoms with Crippen molar-refractivity contribution in [2.45, 2.75) is 51.3 Å². The van der Waals surface area contributed by atoms with E-state index in [1.165, 1.54) is 0 Å². The van der Waals surface area contributed by atoms with E-state index in [4.69, 9.17) is 4.74 Å². The van der Waals surface area contributed by atoms with Crippen molar-refractivity contribution in [3.8, 4) is 5.75 Å². The van der Waals surface area contributed by atoms with Gasteiger partial charge in [0.1, 0.15) is 5.75 Å². The van der Waals surface area contributed by atoms with Crippen LogP contribution in [0, 0.1) is 6.92 Å². The van der Waals surface area contributed by atoms with Gasteiger partial charge in [-0.15, -0.1) is 0 Å². The minimum Gasteiger partial charge on any atom is -0.496 e. The molecule has 1 aliphatic heterocycles. The van der Waals surface area contributed by atoms with Gasteiger partial charge in [0.25, 0.3) is 5.91 Å². The van der Waals surface area contributed by atoms with E-state index >= 15 is 0 Å². The van der Waals surface area contributed by atoms with Gasteiger partial charge in [0, 0.05) is 18.7 Å². The minimum absolute atomic E-state index is 0.0301. The van der Waals surface area contributed by atoms with Crippen molar-refractivity contribution < 1.29 is 17.9 Å². The van der Waals surface area contributed by atoms with Gasteiger partial charge in [-0.1, -0.05) is 37.6 Å². The van der Waals surface area contributed by atoms with Crippen molar-refractivity contribution in [3.63, 3.8) is 0 Å². The van der Waals surface area contributed by atoms with Crippen molar-refractivity contribution in [1.82, 2.24) is 9.62 Å². The zero-order valence-electron chi connectivity index (χ0n) is 18.6. The molecule has 168 valence electrons. The second kappa shape index (κ2) is 10.3. The highest BCUT2D eigenvalue weighted by Crippen LogP contribution is 2.25. The summed E-state index contributed by atoms with van der Waals surface area (Å²) in [5, 5.41) is 3.08. The fraction of sp³-hybridized carbons (Fsp3) is 0.458. The third-order valence-corrected chi connectivity index (χ3v) is 7.66. The molecule has 1 heterocycles. The maximum atomic E-state index is 12.8. The fourth-order valence-corrected chi connectivity index (χ4v) is 5.59. The standard InChI is InChI=1S/C24H32N2O4S/c1-4-22(21-12-13-23(30-3)18(2)16-21)25-24(27)20-10-8-19(9-11-20)17-31(28,29)26-14-6-5-7-15-26/h8-13,16,22H,4-7,14-15,17H2,1-3H3,(H,25,27). The number of hydrogen-bond acceptors (Lipinski definition) is 4. The van der Waals surface area contributed by atoms with E-state index in [1.807, 2.05) is 32.0 Å². The second-order valence-electron chi connectivity index (χ2n) is 8.08. The molecule has 31 heavy (non-hydrogen) atoms. The summed E-state index contributed by atoms with van der Waals surface area (Å²) >= 11 is 0. The van der Waals surface area contributed by atoms with Gasteiger partial charge in [-0.05, 0) is 61.1 Å². The van der Waals surface area contributed by atoms with Crippen LogP contribution in [0.25, 0.3) is 0 Å². The number of benzene rings is 2. The normalized spacial score (nSPS) is 16.0. The lowest BCUT2D eigenvalue weighted by Crippen LogP contribution is -2.36. The maximum absolute atomic E-state index is 12.8. The molecule has 3 rings (SSSR count). The Balaban J connectivity index is 1.66. The SMILES string of the molecule is CCC(NC(=O)c1ccc(CS(=O)(=O)N2CCCCC2)cc1)c1ccc(OC)c(C)c1. The smallest absolute Gasteiger partial charge is 0.251 e. The number of aryl methyl sites for hydroxylation is 1. The number of carbonyl (C=O) groups is 1. The molecule has 1 fully saturated rings. The van der Waals surface area contributed by atoms with Crippen LogP contribution in [0.15, 0.2) is 42.5 Å². The highest BCUT2D eigenvalue weighted by Gasteiger charge is 2.24. The molecule has 6 nitrogen and oxygen atoms in total. The summed E-state index contributed by atoms with van der Waals surface area (Å²) in [4.78, 5) is 12.8. The Morgan fingerprint density at radius 3 is 2.35 bits per heavy atom. The largest absolute Gasteiger partial charge is 0.496 e. The number of nitrogens with one attached hydrogen (secondary N) is 1. The second-order valence-corrected chi connectivity index (χ2v) is 10.0. The predicted molar refractivity (Wildman–Crippen MR) is 123 cm³/mol. The number of nitrogens with zero attached hydrogens (tertiary/aromatic N) is 1. The third-order valence-electron chi connectivity index (χ3n) is 5.81. The van der Waals surface area contributed by atoms with Crippen molar-refractivity contribution in [3.05, 3.63) is 64.7 Å². The fourth-order valence-electron chi connectivity index (χ4n) is 3.98. The molecular formula is C24H32N2O4S. The molecule has 0 radical (unpaired) electrons. The number of hydrogen-bond donors (Lipinski definition) is 1. The number of ether oxygens (including phenoxy) is 1. The molecule has 1 atom stereocenters. The lowest BCUT2D eigenvalue weighted by Gasteiger charge is -2.25. The zero-order chi connectivity index (χ0) is 22.4. The van der Waals surface area contributed by atoms with Crippen LogP contribution in [-0.2, 0) is 15.8 Å². The monoisotopic (exact) mass is 444 g/mol. The number of sulfonamides is 1. The Kier molecular flexibility index (Phi) is 7.73. The molecular weight excluding hydrogens is 412 g/mol. The number of piperidine rings is 1. The summed E-state index contributed by atoms with van der Waals surface area (Å²) in [7, 11) is -1.67. The molecule has 1 unspecified atom stereocenters. The number of amides is 1. The van der Waals surface area contributed by atoms with Gasteiger partial charge < -0.3 is 10.1 Å². The van der Waals surface area contributed by atoms with Gasteiger partial charge >= 0.3 is 0 Å². The summed E-state index contributed by atoms with van der Waals surface area (Å²) in [6.45, 7) is 5.21. The van der Waals surface area contributed by atoms with Crippen molar-refractivity contribution in [1.29, 1.82) is 0 Å². The summed E-state index contributed by atoms with van der Waals surface area (Å²) in [6, 6.07) is 12.7. The maximum Gasteiger partial charge on any atom is 0.251 e. The highest BCUT2D eigenvalue weighted by atomic mass is 32.2. The zero-order valence-corrected chi connectivity index (χ0v) is 19.4. The molecule has 7 heteroatoms. The van der Waals surface area contributed by atoms with Crippen LogP contribution in [0.5, 0.6) is 5.75 Å². The first-order valence-corrected chi connectivity index (χ1v) is 12.5. The molecule has 0 aromatic heterocycles. The van der Waals surface area contributed by atoms with Gasteiger partial charge in [0.05, 0.1) is 18.9 Å². The summed E-state index contributed by atoms with van der Waals surface area (Å²) in [5.74, 6) is 0.614. The molecule has 1 amide bonds. The van der Waals surface area contributed by atoms with E-state index in [9.17, 15) is 13.2 Å². The molecule has 0 aliphatic carbocycles. The number of rotatable bonds is 8.